The lowest BCUT2D eigenvalue weighted by molar-refractivity contribution is 0.0723. The van der Waals surface area contributed by atoms with Crippen molar-refractivity contribution in [2.75, 3.05) is 18.6 Å². The third-order valence-corrected chi connectivity index (χ3v) is 6.24. The van der Waals surface area contributed by atoms with Crippen molar-refractivity contribution in [3.05, 3.63) is 41.3 Å². The van der Waals surface area contributed by atoms with Gasteiger partial charge in [0.1, 0.15) is 15.7 Å². The third kappa shape index (κ3) is 3.26. The topological polar surface area (TPSA) is 67.3 Å². The van der Waals surface area contributed by atoms with E-state index >= 15 is 0 Å². The number of hydrogen-bond acceptors (Lipinski definition) is 4. The Kier molecular flexibility index (Phi) is 4.29. The van der Waals surface area contributed by atoms with Gasteiger partial charge in [-0.3, -0.25) is 9.78 Å². The first-order valence-electron chi connectivity index (χ1n) is 7.81. The molecule has 2 aromatic rings. The van der Waals surface area contributed by atoms with Crippen LogP contribution in [0.2, 0.25) is 0 Å². The van der Waals surface area contributed by atoms with Crippen molar-refractivity contribution in [1.82, 2.24) is 9.88 Å². The summed E-state index contributed by atoms with van der Waals surface area (Å²) in [5.41, 5.74) is 1.54. The lowest BCUT2D eigenvalue weighted by Crippen LogP contribution is -2.42. The number of sulfone groups is 1. The van der Waals surface area contributed by atoms with E-state index in [0.29, 0.717) is 35.0 Å². The van der Waals surface area contributed by atoms with E-state index in [1.54, 1.807) is 31.0 Å². The zero-order chi connectivity index (χ0) is 17.5. The lowest BCUT2D eigenvalue weighted by Gasteiger charge is -2.31. The van der Waals surface area contributed by atoms with Gasteiger partial charge in [-0.25, -0.2) is 12.8 Å². The molecule has 1 amide bonds. The monoisotopic (exact) mass is 350 g/mol. The molecule has 0 unspecified atom stereocenters. The molecule has 128 valence electrons. The Labute approximate surface area is 140 Å². The van der Waals surface area contributed by atoms with Crippen LogP contribution in [0.15, 0.2) is 24.3 Å². The van der Waals surface area contributed by atoms with E-state index in [4.69, 9.17) is 0 Å². The zero-order valence-electron chi connectivity index (χ0n) is 13.6. The highest BCUT2D eigenvalue weighted by atomic mass is 32.2. The highest BCUT2D eigenvalue weighted by Gasteiger charge is 2.29. The van der Waals surface area contributed by atoms with Gasteiger partial charge in [0.05, 0.1) is 22.6 Å². The minimum atomic E-state index is -2.98. The summed E-state index contributed by atoms with van der Waals surface area (Å²) in [5, 5.41) is 0.599. The molecule has 0 N–H and O–H groups in total. The van der Waals surface area contributed by atoms with Gasteiger partial charge in [-0.1, -0.05) is 0 Å². The fourth-order valence-corrected chi connectivity index (χ4v) is 4.60. The van der Waals surface area contributed by atoms with Crippen LogP contribution in [0, 0.1) is 12.7 Å². The van der Waals surface area contributed by atoms with Gasteiger partial charge in [0.25, 0.3) is 5.91 Å². The molecule has 1 aliphatic heterocycles. The normalized spacial score (nSPS) is 17.8. The maximum absolute atomic E-state index is 13.4. The number of fused-ring (bicyclic) bond motifs is 1. The number of amides is 1. The number of carbonyl (C=O) groups excluding carboxylic acids is 1. The van der Waals surface area contributed by atoms with Gasteiger partial charge >= 0.3 is 0 Å². The number of benzene rings is 1. The van der Waals surface area contributed by atoms with Gasteiger partial charge < -0.3 is 4.90 Å². The lowest BCUT2D eigenvalue weighted by atomic mass is 10.0. The predicted molar refractivity (Wildman–Crippen MR) is 90.2 cm³/mol. The van der Waals surface area contributed by atoms with Gasteiger partial charge in [0.15, 0.2) is 0 Å². The van der Waals surface area contributed by atoms with Crippen LogP contribution >= 0.6 is 0 Å². The van der Waals surface area contributed by atoms with Crippen LogP contribution in [0.4, 0.5) is 4.39 Å². The number of pyridine rings is 1. The first-order valence-corrected chi connectivity index (χ1v) is 9.63. The standard InChI is InChI=1S/C17H19FN2O3S/c1-11-9-15(14-4-3-12(18)10-16(14)19-11)17(21)20(2)13-5-7-24(22,23)8-6-13/h3-4,9-10,13H,5-8H2,1-2H3. The zero-order valence-corrected chi connectivity index (χ0v) is 14.4. The van der Waals surface area contributed by atoms with Crippen molar-refractivity contribution >= 4 is 26.6 Å². The molecule has 24 heavy (non-hydrogen) atoms. The molecule has 5 nitrogen and oxygen atoms in total. The highest BCUT2D eigenvalue weighted by molar-refractivity contribution is 7.91. The summed E-state index contributed by atoms with van der Waals surface area (Å²) in [6.45, 7) is 1.76. The van der Waals surface area contributed by atoms with Crippen LogP contribution in [0.25, 0.3) is 10.9 Å². The van der Waals surface area contributed by atoms with Gasteiger partial charge in [0, 0.05) is 30.2 Å². The third-order valence-electron chi connectivity index (χ3n) is 4.52. The molecule has 0 radical (unpaired) electrons. The Morgan fingerprint density at radius 2 is 1.92 bits per heavy atom. The van der Waals surface area contributed by atoms with Gasteiger partial charge in [-0.05, 0) is 38.0 Å². The second-order valence-corrected chi connectivity index (χ2v) is 8.58. The molecule has 1 fully saturated rings. The maximum atomic E-state index is 13.4. The molecule has 1 aliphatic rings. The number of aromatic nitrogens is 1. The number of carbonyl (C=O) groups is 1. The van der Waals surface area contributed by atoms with E-state index in [2.05, 4.69) is 4.98 Å². The van der Waals surface area contributed by atoms with Crippen molar-refractivity contribution in [3.63, 3.8) is 0 Å². The van der Waals surface area contributed by atoms with Crippen molar-refractivity contribution in [3.8, 4) is 0 Å². The summed E-state index contributed by atoms with van der Waals surface area (Å²) in [4.78, 5) is 18.8. The molecular formula is C17H19FN2O3S. The van der Waals surface area contributed by atoms with E-state index in [1.165, 1.54) is 12.1 Å². The minimum absolute atomic E-state index is 0.106. The van der Waals surface area contributed by atoms with Crippen molar-refractivity contribution < 1.29 is 17.6 Å². The fraction of sp³-hybridized carbons (Fsp3) is 0.412. The Morgan fingerprint density at radius 1 is 1.25 bits per heavy atom. The molecule has 3 rings (SSSR count). The summed E-state index contributed by atoms with van der Waals surface area (Å²) < 4.78 is 36.6. The number of hydrogen-bond donors (Lipinski definition) is 0. The second-order valence-electron chi connectivity index (χ2n) is 6.27. The highest BCUT2D eigenvalue weighted by Crippen LogP contribution is 2.24. The Balaban J connectivity index is 1.94. The SMILES string of the molecule is Cc1cc(C(=O)N(C)C2CCS(=O)(=O)CC2)c2ccc(F)cc2n1. The smallest absolute Gasteiger partial charge is 0.254 e. The quantitative estimate of drug-likeness (QED) is 0.834. The minimum Gasteiger partial charge on any atom is -0.339 e. The Hall–Kier alpha value is -2.02. The molecular weight excluding hydrogens is 331 g/mol. The number of halogens is 1. The Morgan fingerprint density at radius 3 is 2.58 bits per heavy atom. The summed E-state index contributed by atoms with van der Waals surface area (Å²) in [6, 6.07) is 5.77. The van der Waals surface area contributed by atoms with E-state index < -0.39 is 15.7 Å². The summed E-state index contributed by atoms with van der Waals surface area (Å²) in [6.07, 6.45) is 0.891. The van der Waals surface area contributed by atoms with Crippen molar-refractivity contribution in [2.24, 2.45) is 0 Å². The predicted octanol–water partition coefficient (Wildman–Crippen LogP) is 2.33. The van der Waals surface area contributed by atoms with E-state index in [-0.39, 0.29) is 23.5 Å². The average Bonchev–Trinajstić information content (AvgIpc) is 2.52. The van der Waals surface area contributed by atoms with Gasteiger partial charge in [0.2, 0.25) is 0 Å². The van der Waals surface area contributed by atoms with Crippen LogP contribution in [0.3, 0.4) is 0 Å². The molecule has 1 aromatic heterocycles. The molecule has 0 saturated carbocycles. The maximum Gasteiger partial charge on any atom is 0.254 e. The largest absolute Gasteiger partial charge is 0.339 e. The molecule has 0 atom stereocenters. The Bertz CT molecular complexity index is 892. The van der Waals surface area contributed by atoms with Gasteiger partial charge in [-0.2, -0.15) is 0 Å². The van der Waals surface area contributed by atoms with Crippen LogP contribution in [0.1, 0.15) is 28.9 Å². The first kappa shape index (κ1) is 16.8. The van der Waals surface area contributed by atoms with Crippen molar-refractivity contribution in [1.29, 1.82) is 0 Å². The van der Waals surface area contributed by atoms with Crippen LogP contribution in [-0.2, 0) is 9.84 Å². The second kappa shape index (κ2) is 6.12. The first-order chi connectivity index (χ1) is 11.3. The average molecular weight is 350 g/mol. The van der Waals surface area contributed by atoms with Crippen LogP contribution in [-0.4, -0.2) is 48.8 Å². The van der Waals surface area contributed by atoms with E-state index in [1.807, 2.05) is 0 Å². The summed E-state index contributed by atoms with van der Waals surface area (Å²) in [5.74, 6) is -0.376. The molecule has 0 bridgehead atoms. The number of nitrogens with zero attached hydrogens (tertiary/aromatic N) is 2. The van der Waals surface area contributed by atoms with Crippen molar-refractivity contribution in [2.45, 2.75) is 25.8 Å². The molecule has 7 heteroatoms. The van der Waals surface area contributed by atoms with E-state index in [0.717, 1.165) is 0 Å². The van der Waals surface area contributed by atoms with E-state index in [9.17, 15) is 17.6 Å². The van der Waals surface area contributed by atoms with Crippen LogP contribution < -0.4 is 0 Å². The summed E-state index contributed by atoms with van der Waals surface area (Å²) >= 11 is 0. The number of aryl methyl sites for hydroxylation is 1. The fourth-order valence-electron chi connectivity index (χ4n) is 3.13. The number of rotatable bonds is 2. The summed E-state index contributed by atoms with van der Waals surface area (Å²) in [7, 11) is -1.28. The molecule has 2 heterocycles. The molecule has 1 aromatic carbocycles. The molecule has 0 spiro atoms. The molecule has 1 saturated heterocycles. The van der Waals surface area contributed by atoms with Crippen LogP contribution in [0.5, 0.6) is 0 Å². The van der Waals surface area contributed by atoms with Gasteiger partial charge in [-0.15, -0.1) is 0 Å². The molecule has 0 aliphatic carbocycles.